The van der Waals surface area contributed by atoms with E-state index in [1.165, 1.54) is 0 Å². The van der Waals surface area contributed by atoms with Crippen LogP contribution in [0.25, 0.3) is 44.6 Å². The lowest BCUT2D eigenvalue weighted by atomic mass is 9.86. The molecular formula is C46H58Cl2N6O15. The molecule has 21 nitrogen and oxygen atoms in total. The second-order valence-corrected chi connectivity index (χ2v) is 16.9. The van der Waals surface area contributed by atoms with Crippen LogP contribution in [0.15, 0.2) is 58.1 Å². The number of aromatic hydroxyl groups is 2. The summed E-state index contributed by atoms with van der Waals surface area (Å²) in [6, 6.07) is 14.1. The first-order chi connectivity index (χ1) is 29.5. The SMILES string of the molecule is CC[C@@]1(O)C(=O)OCc2c1cc1n(c2=O)Cc2cc3c(CN(C)C)c(O)ccc3nc2-1.CC[C@@]1(O)C(=O)OCc2c1cc1n(c2=O)Cc2cc3c(CN(C)C)c(O)ccc3nc2-1.Cl.Cl.O.O.O.O.O. The first-order valence-corrected chi connectivity index (χ1v) is 20.4. The van der Waals surface area contributed by atoms with E-state index in [0.29, 0.717) is 82.2 Å². The number of carbonyl (C=O) groups is 2. The maximum Gasteiger partial charge on any atom is 0.343 e. The monoisotopic (exact) mass is 1000 g/mol. The van der Waals surface area contributed by atoms with Gasteiger partial charge in [-0.1, -0.05) is 13.8 Å². The Labute approximate surface area is 406 Å². The van der Waals surface area contributed by atoms with E-state index in [9.17, 15) is 39.6 Å². The number of nitrogens with zero attached hydrogens (tertiary/aromatic N) is 6. The van der Waals surface area contributed by atoms with E-state index >= 15 is 0 Å². The van der Waals surface area contributed by atoms with Crippen LogP contribution in [0, 0.1) is 0 Å². The lowest BCUT2D eigenvalue weighted by Crippen LogP contribution is -2.44. The van der Waals surface area contributed by atoms with Crippen LogP contribution in [-0.2, 0) is 69.7 Å². The van der Waals surface area contributed by atoms with Crippen molar-refractivity contribution in [1.29, 1.82) is 0 Å². The second-order valence-electron chi connectivity index (χ2n) is 16.9. The topological polar surface area (TPSA) is 367 Å². The molecule has 4 aliphatic rings. The Morgan fingerprint density at radius 3 is 1.26 bits per heavy atom. The third-order valence-electron chi connectivity index (χ3n) is 12.5. The lowest BCUT2D eigenvalue weighted by molar-refractivity contribution is -0.172. The number of phenolic OH excluding ortho intramolecular Hbond substituents is 2. The zero-order valence-corrected chi connectivity index (χ0v) is 40.1. The van der Waals surface area contributed by atoms with Crippen molar-refractivity contribution in [3.63, 3.8) is 0 Å². The van der Waals surface area contributed by atoms with Crippen molar-refractivity contribution < 1.29 is 66.9 Å². The summed E-state index contributed by atoms with van der Waals surface area (Å²) in [5, 5.41) is 44.4. The molecule has 0 fully saturated rings. The Morgan fingerprint density at radius 2 is 0.942 bits per heavy atom. The number of fused-ring (bicyclic) bond motifs is 10. The molecule has 6 aromatic rings. The van der Waals surface area contributed by atoms with Gasteiger partial charge in [0.2, 0.25) is 0 Å². The molecule has 0 bridgehead atoms. The van der Waals surface area contributed by atoms with Crippen LogP contribution in [-0.4, -0.2) is 117 Å². The summed E-state index contributed by atoms with van der Waals surface area (Å²) in [6.45, 7) is 4.82. The van der Waals surface area contributed by atoms with Crippen molar-refractivity contribution >= 4 is 58.6 Å². The van der Waals surface area contributed by atoms with Crippen molar-refractivity contribution in [2.24, 2.45) is 0 Å². The zero-order chi connectivity index (χ0) is 44.2. The van der Waals surface area contributed by atoms with Gasteiger partial charge in [-0.3, -0.25) is 9.59 Å². The van der Waals surface area contributed by atoms with Gasteiger partial charge in [-0.2, -0.15) is 0 Å². The molecule has 0 saturated heterocycles. The number of hydrogen-bond donors (Lipinski definition) is 4. The van der Waals surface area contributed by atoms with Gasteiger partial charge in [0, 0.05) is 57.2 Å². The summed E-state index contributed by atoms with van der Waals surface area (Å²) in [5.41, 5.74) is 4.06. The molecular weight excluding hydrogens is 947 g/mol. The summed E-state index contributed by atoms with van der Waals surface area (Å²) in [4.78, 5) is 64.6. The molecule has 4 aromatic heterocycles. The number of cyclic esters (lactones) is 2. The molecule has 0 spiro atoms. The quantitative estimate of drug-likeness (QED) is 0.164. The summed E-state index contributed by atoms with van der Waals surface area (Å²) in [6.07, 6.45) is 0.208. The van der Waals surface area contributed by atoms with Gasteiger partial charge in [0.1, 0.15) is 24.7 Å². The minimum absolute atomic E-state index is 0. The minimum Gasteiger partial charge on any atom is -0.508 e. The fourth-order valence-corrected chi connectivity index (χ4v) is 9.16. The number of halogens is 2. The van der Waals surface area contributed by atoms with Gasteiger partial charge in [-0.25, -0.2) is 19.6 Å². The number of ether oxygens (including phenoxy) is 2. The van der Waals surface area contributed by atoms with Crippen LogP contribution < -0.4 is 11.1 Å². The maximum absolute atomic E-state index is 13.2. The molecule has 23 heteroatoms. The number of pyridine rings is 4. The van der Waals surface area contributed by atoms with Crippen LogP contribution in [0.3, 0.4) is 0 Å². The smallest absolute Gasteiger partial charge is 0.343 e. The summed E-state index contributed by atoms with van der Waals surface area (Å²) in [7, 11) is 7.71. The number of aliphatic hydroxyl groups is 2. The number of benzene rings is 2. The number of hydrogen-bond acceptors (Lipinski definition) is 14. The van der Waals surface area contributed by atoms with Crippen LogP contribution in [0.2, 0.25) is 0 Å². The van der Waals surface area contributed by atoms with Crippen LogP contribution in [0.5, 0.6) is 11.5 Å². The molecule has 0 aliphatic carbocycles. The number of aromatic nitrogens is 4. The largest absolute Gasteiger partial charge is 0.508 e. The van der Waals surface area contributed by atoms with E-state index in [4.69, 9.17) is 19.4 Å². The summed E-state index contributed by atoms with van der Waals surface area (Å²) >= 11 is 0. The van der Waals surface area contributed by atoms with E-state index in [1.807, 2.05) is 50.1 Å². The van der Waals surface area contributed by atoms with Crippen LogP contribution >= 0.6 is 24.8 Å². The van der Waals surface area contributed by atoms with Gasteiger partial charge in [0.15, 0.2) is 11.2 Å². The number of rotatable bonds is 6. The Hall–Kier alpha value is -6.08. The average Bonchev–Trinajstić information content (AvgIpc) is 3.79. The fourth-order valence-electron chi connectivity index (χ4n) is 9.16. The first kappa shape index (κ1) is 59.0. The number of phenols is 2. The van der Waals surface area contributed by atoms with Gasteiger partial charge < -0.3 is 76.2 Å². The molecule has 0 amide bonds. The third kappa shape index (κ3) is 9.14. The molecule has 0 saturated carbocycles. The Morgan fingerprint density at radius 1 is 0.594 bits per heavy atom. The van der Waals surface area contributed by atoms with Crippen molar-refractivity contribution in [1.82, 2.24) is 28.9 Å². The van der Waals surface area contributed by atoms with Crippen LogP contribution in [0.1, 0.15) is 71.2 Å². The molecule has 8 heterocycles. The Bertz CT molecular complexity index is 2880. The molecule has 0 unspecified atom stereocenters. The van der Waals surface area contributed by atoms with Crippen molar-refractivity contribution in [3.05, 3.63) is 114 Å². The predicted molar refractivity (Wildman–Crippen MR) is 260 cm³/mol. The molecule has 14 N–H and O–H groups in total. The Balaban J connectivity index is 0.000000430. The zero-order valence-electron chi connectivity index (χ0n) is 38.5. The molecule has 376 valence electrons. The van der Waals surface area contributed by atoms with Crippen molar-refractivity contribution in [2.75, 3.05) is 28.2 Å². The molecule has 10 rings (SSSR count). The van der Waals surface area contributed by atoms with Crippen molar-refractivity contribution in [3.8, 4) is 34.3 Å². The highest BCUT2D eigenvalue weighted by molar-refractivity contribution is 5.91. The summed E-state index contributed by atoms with van der Waals surface area (Å²) in [5.74, 6) is -1.06. The van der Waals surface area contributed by atoms with Gasteiger partial charge in [-0.15, -0.1) is 24.8 Å². The Kier molecular flexibility index (Phi) is 18.2. The maximum atomic E-state index is 13.2. The minimum atomic E-state index is -1.84. The van der Waals surface area contributed by atoms with E-state index in [-0.39, 0.29) is 101 Å². The van der Waals surface area contributed by atoms with Crippen molar-refractivity contribution in [2.45, 2.75) is 77.3 Å². The van der Waals surface area contributed by atoms with E-state index in [2.05, 4.69) is 0 Å². The molecule has 4 aliphatic heterocycles. The molecule has 0 radical (unpaired) electrons. The lowest BCUT2D eigenvalue weighted by Gasteiger charge is -2.31. The highest BCUT2D eigenvalue weighted by Gasteiger charge is 2.47. The van der Waals surface area contributed by atoms with Gasteiger partial charge in [-0.05, 0) is 89.6 Å². The van der Waals surface area contributed by atoms with Gasteiger partial charge >= 0.3 is 11.9 Å². The van der Waals surface area contributed by atoms with Gasteiger partial charge in [0.25, 0.3) is 11.1 Å². The highest BCUT2D eigenvalue weighted by atomic mass is 35.5. The second kappa shape index (κ2) is 21.3. The van der Waals surface area contributed by atoms with E-state index < -0.39 is 23.1 Å². The fraction of sp³-hybridized carbons (Fsp3) is 0.348. The normalized spacial score (nSPS) is 17.4. The van der Waals surface area contributed by atoms with E-state index in [0.717, 1.165) is 33.0 Å². The predicted octanol–water partition coefficient (Wildman–Crippen LogP) is 0.414. The molecule has 2 atom stereocenters. The molecule has 69 heavy (non-hydrogen) atoms. The number of carbonyl (C=O) groups excluding carboxylic acids is 2. The number of esters is 2. The molecule has 2 aromatic carbocycles. The standard InChI is InChI=1S/2C23H23N3O5.2ClH.5H2O/c2*1-4-23(30)16-8-18-20-12(9-26(18)21(28)15(16)11-31-22(23)29)7-13-14(10-25(2)3)19(27)6-5-17(13)24-20;;;;;;;/h2*5-8,27,30H,4,9-11H2,1-3H3;2*1H;5*1H2/t2*23-;;;;;;;/m00......./s1. The third-order valence-corrected chi connectivity index (χ3v) is 12.5. The van der Waals surface area contributed by atoms with Crippen LogP contribution in [0.4, 0.5) is 0 Å². The summed E-state index contributed by atoms with van der Waals surface area (Å²) < 4.78 is 13.4. The first-order valence-electron chi connectivity index (χ1n) is 20.4. The van der Waals surface area contributed by atoms with E-state index in [1.54, 1.807) is 59.4 Å². The highest BCUT2D eigenvalue weighted by Crippen LogP contribution is 2.42. The van der Waals surface area contributed by atoms with Gasteiger partial charge in [0.05, 0.1) is 58.0 Å². The average molecular weight is 1010 g/mol.